The molecular formula is C13H12BrFN2O2S. The van der Waals surface area contributed by atoms with E-state index in [2.05, 4.69) is 20.7 Å². The minimum atomic E-state index is -3.83. The smallest absolute Gasteiger partial charge is 0.261 e. The third-order valence-electron chi connectivity index (χ3n) is 2.72. The Balaban J connectivity index is 2.35. The van der Waals surface area contributed by atoms with Crippen LogP contribution in [0.5, 0.6) is 0 Å². The predicted octanol–water partition coefficient (Wildman–Crippen LogP) is 3.28. The molecule has 0 spiro atoms. The normalized spacial score (nSPS) is 11.3. The minimum Gasteiger partial charge on any atom is -0.399 e. The molecule has 2 rings (SSSR count). The van der Waals surface area contributed by atoms with Crippen LogP contribution in [-0.2, 0) is 10.0 Å². The van der Waals surface area contributed by atoms with Crippen LogP contribution >= 0.6 is 15.9 Å². The van der Waals surface area contributed by atoms with Gasteiger partial charge in [-0.1, -0.05) is 0 Å². The number of hydrogen-bond acceptors (Lipinski definition) is 3. The van der Waals surface area contributed by atoms with Crippen LogP contribution < -0.4 is 10.5 Å². The zero-order valence-corrected chi connectivity index (χ0v) is 12.9. The Morgan fingerprint density at radius 3 is 2.50 bits per heavy atom. The van der Waals surface area contributed by atoms with E-state index in [1.54, 1.807) is 25.1 Å². The van der Waals surface area contributed by atoms with Gasteiger partial charge in [0.2, 0.25) is 0 Å². The van der Waals surface area contributed by atoms with Crippen LogP contribution in [0.3, 0.4) is 0 Å². The number of nitrogens with two attached hydrogens (primary N) is 1. The highest BCUT2D eigenvalue weighted by molar-refractivity contribution is 9.10. The Morgan fingerprint density at radius 2 is 1.90 bits per heavy atom. The first-order chi connectivity index (χ1) is 9.29. The number of anilines is 2. The highest BCUT2D eigenvalue weighted by atomic mass is 79.9. The van der Waals surface area contributed by atoms with E-state index in [-0.39, 0.29) is 9.37 Å². The molecular weight excluding hydrogens is 347 g/mol. The van der Waals surface area contributed by atoms with Crippen molar-refractivity contribution in [3.63, 3.8) is 0 Å². The van der Waals surface area contributed by atoms with Gasteiger partial charge in [0.25, 0.3) is 10.0 Å². The van der Waals surface area contributed by atoms with Crippen LogP contribution in [-0.4, -0.2) is 8.42 Å². The predicted molar refractivity (Wildman–Crippen MR) is 80.5 cm³/mol. The molecule has 0 amide bonds. The van der Waals surface area contributed by atoms with Crippen LogP contribution in [0.25, 0.3) is 0 Å². The molecule has 0 saturated carbocycles. The van der Waals surface area contributed by atoms with E-state index in [0.717, 1.165) is 11.6 Å². The van der Waals surface area contributed by atoms with Crippen molar-refractivity contribution >= 4 is 37.3 Å². The first-order valence-corrected chi connectivity index (χ1v) is 7.91. The summed E-state index contributed by atoms with van der Waals surface area (Å²) in [6, 6.07) is 8.39. The number of benzene rings is 2. The third-order valence-corrected chi connectivity index (χ3v) is 4.75. The van der Waals surface area contributed by atoms with Gasteiger partial charge in [0, 0.05) is 11.4 Å². The van der Waals surface area contributed by atoms with Crippen molar-refractivity contribution in [1.82, 2.24) is 0 Å². The molecule has 2 aromatic rings. The van der Waals surface area contributed by atoms with Gasteiger partial charge in [-0.25, -0.2) is 12.8 Å². The summed E-state index contributed by atoms with van der Waals surface area (Å²) in [6.45, 7) is 1.77. The highest BCUT2D eigenvalue weighted by Crippen LogP contribution is 2.23. The van der Waals surface area contributed by atoms with Gasteiger partial charge in [0.15, 0.2) is 0 Å². The number of nitrogens with one attached hydrogen (secondary N) is 1. The van der Waals surface area contributed by atoms with Gasteiger partial charge in [-0.15, -0.1) is 0 Å². The maximum Gasteiger partial charge on any atom is 0.261 e. The molecule has 0 unspecified atom stereocenters. The fraction of sp³-hybridized carbons (Fsp3) is 0.0769. The molecule has 106 valence electrons. The van der Waals surface area contributed by atoms with Crippen molar-refractivity contribution < 1.29 is 12.8 Å². The quantitative estimate of drug-likeness (QED) is 0.827. The van der Waals surface area contributed by atoms with Crippen LogP contribution in [0.1, 0.15) is 5.56 Å². The van der Waals surface area contributed by atoms with Crippen molar-refractivity contribution in [2.75, 3.05) is 10.5 Å². The summed E-state index contributed by atoms with van der Waals surface area (Å²) in [5.41, 5.74) is 7.37. The van der Waals surface area contributed by atoms with Gasteiger partial charge in [0.1, 0.15) is 5.82 Å². The molecule has 4 nitrogen and oxygen atoms in total. The van der Waals surface area contributed by atoms with Crippen molar-refractivity contribution in [3.8, 4) is 0 Å². The molecule has 0 aromatic heterocycles. The van der Waals surface area contributed by atoms with Gasteiger partial charge in [0.05, 0.1) is 9.37 Å². The second-order valence-electron chi connectivity index (χ2n) is 4.25. The van der Waals surface area contributed by atoms with E-state index < -0.39 is 15.8 Å². The van der Waals surface area contributed by atoms with E-state index in [4.69, 9.17) is 5.73 Å². The Kier molecular flexibility index (Phi) is 4.01. The highest BCUT2D eigenvalue weighted by Gasteiger charge is 2.16. The number of halogens is 2. The standard InChI is InChI=1S/C13H12BrFN2O2S/c1-8-6-9(2-5-13(8)16)17-20(18,19)10-3-4-11(14)12(15)7-10/h2-7,17H,16H2,1H3. The number of hydrogen-bond donors (Lipinski definition) is 2. The first-order valence-electron chi connectivity index (χ1n) is 5.63. The largest absolute Gasteiger partial charge is 0.399 e. The summed E-state index contributed by atoms with van der Waals surface area (Å²) < 4.78 is 40.3. The lowest BCUT2D eigenvalue weighted by Gasteiger charge is -2.10. The second kappa shape index (κ2) is 5.41. The average Bonchev–Trinajstić information content (AvgIpc) is 2.37. The zero-order valence-electron chi connectivity index (χ0n) is 10.5. The van der Waals surface area contributed by atoms with Crippen LogP contribution in [0, 0.1) is 12.7 Å². The molecule has 0 aliphatic heterocycles. The maximum absolute atomic E-state index is 13.4. The topological polar surface area (TPSA) is 72.2 Å². The second-order valence-corrected chi connectivity index (χ2v) is 6.79. The summed E-state index contributed by atoms with van der Waals surface area (Å²) in [7, 11) is -3.83. The summed E-state index contributed by atoms with van der Waals surface area (Å²) >= 11 is 2.98. The van der Waals surface area contributed by atoms with Crippen molar-refractivity contribution in [2.45, 2.75) is 11.8 Å². The van der Waals surface area contributed by atoms with Crippen LogP contribution in [0.15, 0.2) is 45.8 Å². The zero-order chi connectivity index (χ0) is 14.9. The van der Waals surface area contributed by atoms with E-state index in [1.165, 1.54) is 12.1 Å². The molecule has 0 bridgehead atoms. The van der Waals surface area contributed by atoms with Gasteiger partial charge in [-0.3, -0.25) is 4.72 Å². The molecule has 0 heterocycles. The lowest BCUT2D eigenvalue weighted by molar-refractivity contribution is 0.593. The molecule has 0 atom stereocenters. The summed E-state index contributed by atoms with van der Waals surface area (Å²) in [5, 5.41) is 0. The fourth-order valence-electron chi connectivity index (χ4n) is 1.60. The van der Waals surface area contributed by atoms with Gasteiger partial charge in [-0.05, 0) is 64.8 Å². The van der Waals surface area contributed by atoms with Gasteiger partial charge in [-0.2, -0.15) is 0 Å². The van der Waals surface area contributed by atoms with Crippen molar-refractivity contribution in [1.29, 1.82) is 0 Å². The van der Waals surface area contributed by atoms with Gasteiger partial charge < -0.3 is 5.73 Å². The Hall–Kier alpha value is -1.60. The lowest BCUT2D eigenvalue weighted by atomic mass is 10.2. The van der Waals surface area contributed by atoms with Crippen molar-refractivity contribution in [3.05, 3.63) is 52.3 Å². The van der Waals surface area contributed by atoms with E-state index in [9.17, 15) is 12.8 Å². The number of aryl methyl sites for hydroxylation is 1. The van der Waals surface area contributed by atoms with E-state index in [0.29, 0.717) is 11.4 Å². The van der Waals surface area contributed by atoms with Crippen LogP contribution in [0.4, 0.5) is 15.8 Å². The Bertz CT molecular complexity index is 763. The number of nitrogen functional groups attached to an aromatic ring is 1. The summed E-state index contributed by atoms with van der Waals surface area (Å²) in [4.78, 5) is -0.146. The minimum absolute atomic E-state index is 0.146. The molecule has 20 heavy (non-hydrogen) atoms. The van der Waals surface area contributed by atoms with Crippen LogP contribution in [0.2, 0.25) is 0 Å². The molecule has 0 radical (unpaired) electrons. The maximum atomic E-state index is 13.4. The van der Waals surface area contributed by atoms with Crippen molar-refractivity contribution in [2.24, 2.45) is 0 Å². The van der Waals surface area contributed by atoms with Gasteiger partial charge >= 0.3 is 0 Å². The number of sulfonamides is 1. The monoisotopic (exact) mass is 358 g/mol. The molecule has 0 aliphatic rings. The third kappa shape index (κ3) is 3.10. The fourth-order valence-corrected chi connectivity index (χ4v) is 2.90. The molecule has 7 heteroatoms. The summed E-state index contributed by atoms with van der Waals surface area (Å²) in [5.74, 6) is -0.638. The first kappa shape index (κ1) is 14.8. The SMILES string of the molecule is Cc1cc(NS(=O)(=O)c2ccc(Br)c(F)c2)ccc1N. The summed E-state index contributed by atoms with van der Waals surface area (Å²) in [6.07, 6.45) is 0. The molecule has 0 fully saturated rings. The molecule has 0 aliphatic carbocycles. The average molecular weight is 359 g/mol. The molecule has 2 aromatic carbocycles. The Labute approximate surface area is 125 Å². The lowest BCUT2D eigenvalue weighted by Crippen LogP contribution is -2.13. The number of rotatable bonds is 3. The Morgan fingerprint density at radius 1 is 1.20 bits per heavy atom. The molecule has 0 saturated heterocycles. The molecule has 3 N–H and O–H groups in total. The van der Waals surface area contributed by atoms with E-state index >= 15 is 0 Å². The van der Waals surface area contributed by atoms with E-state index in [1.807, 2.05) is 0 Å².